The Morgan fingerprint density at radius 1 is 1.31 bits per heavy atom. The fourth-order valence-electron chi connectivity index (χ4n) is 3.67. The number of rotatable bonds is 3. The Morgan fingerprint density at radius 3 is 2.73 bits per heavy atom. The van der Waals surface area contributed by atoms with E-state index in [1.165, 1.54) is 0 Å². The first-order valence-electron chi connectivity index (χ1n) is 8.68. The van der Waals surface area contributed by atoms with Crippen molar-refractivity contribution in [3.05, 3.63) is 64.6 Å². The normalized spacial score (nSPS) is 25.1. The number of aliphatic hydroxyl groups excluding tert-OH is 1. The number of aryl methyl sites for hydroxylation is 1. The molecule has 3 atom stereocenters. The molecule has 136 valence electrons. The second kappa shape index (κ2) is 6.27. The Kier molecular flexibility index (Phi) is 4.18. The first-order valence-corrected chi connectivity index (χ1v) is 9.06. The average molecular weight is 373 g/mol. The van der Waals surface area contributed by atoms with Crippen molar-refractivity contribution < 1.29 is 14.6 Å². The largest absolute Gasteiger partial charge is 0.479 e. The molecule has 0 radical (unpaired) electrons. The van der Waals surface area contributed by atoms with Crippen LogP contribution in [0.4, 0.5) is 0 Å². The molecule has 2 unspecified atom stereocenters. The topological polar surface area (TPSA) is 56.0 Å². The summed E-state index contributed by atoms with van der Waals surface area (Å²) in [4.78, 5) is 4.57. The fraction of sp³-hybridized carbons (Fsp3) is 0.350. The van der Waals surface area contributed by atoms with Gasteiger partial charge >= 0.3 is 0 Å². The summed E-state index contributed by atoms with van der Waals surface area (Å²) in [7, 11) is 0. The van der Waals surface area contributed by atoms with E-state index in [1.54, 1.807) is 4.40 Å². The molecular formula is C20H21ClN2O3. The summed E-state index contributed by atoms with van der Waals surface area (Å²) in [5, 5.41) is 11.7. The van der Waals surface area contributed by atoms with Gasteiger partial charge in [-0.05, 0) is 32.4 Å². The van der Waals surface area contributed by atoms with E-state index in [-0.39, 0.29) is 0 Å². The zero-order valence-electron chi connectivity index (χ0n) is 14.9. The number of halogens is 1. The third kappa shape index (κ3) is 2.42. The summed E-state index contributed by atoms with van der Waals surface area (Å²) in [6.07, 6.45) is 0.403. The maximum absolute atomic E-state index is 11.1. The van der Waals surface area contributed by atoms with Crippen LogP contribution >= 0.6 is 11.6 Å². The van der Waals surface area contributed by atoms with Crippen LogP contribution in [-0.2, 0) is 10.3 Å². The molecular weight excluding hydrogens is 352 g/mol. The van der Waals surface area contributed by atoms with Crippen molar-refractivity contribution in [1.82, 2.24) is 9.38 Å². The fourth-order valence-corrected chi connectivity index (χ4v) is 3.85. The van der Waals surface area contributed by atoms with Gasteiger partial charge in [0.2, 0.25) is 0 Å². The monoisotopic (exact) mass is 372 g/mol. The van der Waals surface area contributed by atoms with E-state index in [0.717, 1.165) is 16.8 Å². The van der Waals surface area contributed by atoms with Crippen LogP contribution in [0.1, 0.15) is 36.8 Å². The second-order valence-corrected chi connectivity index (χ2v) is 7.03. The number of aliphatic hydroxyl groups is 1. The van der Waals surface area contributed by atoms with Crippen LogP contribution in [0.15, 0.2) is 42.6 Å². The van der Waals surface area contributed by atoms with Crippen LogP contribution in [-0.4, -0.2) is 27.2 Å². The Morgan fingerprint density at radius 2 is 2.04 bits per heavy atom. The standard InChI is InChI=1S/C20H21ClN2O3/c1-4-25-20(3)14-10-11-23-18(21)12(2)22-19(23)16(14)26-15(17(20)24)13-8-6-5-7-9-13/h5-11,15,17,24H,4H2,1-3H3/t15-,17?,20?/m1/s1. The van der Waals surface area contributed by atoms with Crippen LogP contribution in [0.2, 0.25) is 5.15 Å². The zero-order valence-corrected chi connectivity index (χ0v) is 15.7. The molecule has 0 fully saturated rings. The first-order chi connectivity index (χ1) is 12.5. The SMILES string of the molecule is CCOC1(C)c2ccn3c(Cl)c(C)nc3c2O[C@H](c2ccccc2)C1O. The summed E-state index contributed by atoms with van der Waals surface area (Å²) in [5.74, 6) is 0.595. The predicted molar refractivity (Wildman–Crippen MR) is 99.7 cm³/mol. The van der Waals surface area contributed by atoms with Crippen molar-refractivity contribution in [2.45, 2.75) is 38.6 Å². The van der Waals surface area contributed by atoms with E-state index in [1.807, 2.05) is 63.4 Å². The number of hydrogen-bond donors (Lipinski definition) is 1. The van der Waals surface area contributed by atoms with Crippen LogP contribution in [0.5, 0.6) is 5.75 Å². The van der Waals surface area contributed by atoms with E-state index in [0.29, 0.717) is 23.2 Å². The highest BCUT2D eigenvalue weighted by Gasteiger charge is 2.49. The van der Waals surface area contributed by atoms with E-state index in [9.17, 15) is 5.11 Å². The summed E-state index contributed by atoms with van der Waals surface area (Å²) in [5.41, 5.74) is 2.09. The Hall–Kier alpha value is -2.08. The minimum atomic E-state index is -0.920. The van der Waals surface area contributed by atoms with Gasteiger partial charge in [-0.3, -0.25) is 4.40 Å². The van der Waals surface area contributed by atoms with Gasteiger partial charge in [-0.2, -0.15) is 0 Å². The number of hydrogen-bond acceptors (Lipinski definition) is 4. The minimum absolute atomic E-state index is 0.466. The van der Waals surface area contributed by atoms with Gasteiger partial charge in [0, 0.05) is 18.4 Å². The number of imidazole rings is 1. The van der Waals surface area contributed by atoms with Crippen LogP contribution in [0.3, 0.4) is 0 Å². The maximum atomic E-state index is 11.1. The molecule has 0 saturated carbocycles. The summed E-state index contributed by atoms with van der Waals surface area (Å²) >= 11 is 6.36. The van der Waals surface area contributed by atoms with Crippen molar-refractivity contribution in [2.24, 2.45) is 0 Å². The molecule has 4 rings (SSSR count). The third-order valence-corrected chi connectivity index (χ3v) is 5.51. The Balaban J connectivity index is 1.96. The van der Waals surface area contributed by atoms with Gasteiger partial charge in [0.05, 0.1) is 5.69 Å². The molecule has 0 spiro atoms. The van der Waals surface area contributed by atoms with E-state index < -0.39 is 17.8 Å². The Bertz CT molecular complexity index is 957. The molecule has 0 bridgehead atoms. The van der Waals surface area contributed by atoms with Gasteiger partial charge in [0.1, 0.15) is 16.9 Å². The number of aromatic nitrogens is 2. The van der Waals surface area contributed by atoms with Crippen molar-refractivity contribution in [3.8, 4) is 5.75 Å². The van der Waals surface area contributed by atoms with Crippen molar-refractivity contribution >= 4 is 17.2 Å². The van der Waals surface area contributed by atoms with Gasteiger partial charge in [-0.15, -0.1) is 0 Å². The second-order valence-electron chi connectivity index (χ2n) is 6.67. The number of ether oxygens (including phenoxy) is 2. The number of pyridine rings is 1. The Labute approximate surface area is 157 Å². The molecule has 3 aromatic rings. The molecule has 1 aromatic carbocycles. The number of nitrogens with zero attached hydrogens (tertiary/aromatic N) is 2. The molecule has 0 aliphatic carbocycles. The third-order valence-electron chi connectivity index (χ3n) is 5.05. The quantitative estimate of drug-likeness (QED) is 0.753. The molecule has 1 N–H and O–H groups in total. The van der Waals surface area contributed by atoms with E-state index in [2.05, 4.69) is 4.98 Å². The van der Waals surface area contributed by atoms with Gasteiger partial charge < -0.3 is 14.6 Å². The molecule has 1 aliphatic rings. The lowest BCUT2D eigenvalue weighted by molar-refractivity contribution is -0.163. The lowest BCUT2D eigenvalue weighted by Crippen LogP contribution is -2.48. The highest BCUT2D eigenvalue weighted by Crippen LogP contribution is 2.48. The van der Waals surface area contributed by atoms with Gasteiger partial charge in [-0.1, -0.05) is 41.9 Å². The van der Waals surface area contributed by atoms with Crippen molar-refractivity contribution in [2.75, 3.05) is 6.61 Å². The van der Waals surface area contributed by atoms with Gasteiger partial charge in [0.15, 0.2) is 17.5 Å². The molecule has 2 aromatic heterocycles. The molecule has 5 nitrogen and oxygen atoms in total. The highest BCUT2D eigenvalue weighted by atomic mass is 35.5. The smallest absolute Gasteiger partial charge is 0.181 e. The van der Waals surface area contributed by atoms with Crippen LogP contribution in [0.25, 0.3) is 5.65 Å². The summed E-state index contributed by atoms with van der Waals surface area (Å²) in [6.45, 7) is 6.13. The van der Waals surface area contributed by atoms with Crippen LogP contribution < -0.4 is 4.74 Å². The van der Waals surface area contributed by atoms with Gasteiger partial charge in [-0.25, -0.2) is 4.98 Å². The van der Waals surface area contributed by atoms with E-state index >= 15 is 0 Å². The molecule has 6 heteroatoms. The summed E-state index contributed by atoms with van der Waals surface area (Å²) < 4.78 is 14.1. The first kappa shape index (κ1) is 17.3. The average Bonchev–Trinajstić information content (AvgIpc) is 2.94. The van der Waals surface area contributed by atoms with E-state index in [4.69, 9.17) is 21.1 Å². The maximum Gasteiger partial charge on any atom is 0.181 e. The lowest BCUT2D eigenvalue weighted by atomic mass is 9.82. The molecule has 26 heavy (non-hydrogen) atoms. The molecule has 3 heterocycles. The zero-order chi connectivity index (χ0) is 18.5. The lowest BCUT2D eigenvalue weighted by Gasteiger charge is -2.43. The number of benzene rings is 1. The highest BCUT2D eigenvalue weighted by molar-refractivity contribution is 6.30. The molecule has 1 aliphatic heterocycles. The molecule has 0 saturated heterocycles. The van der Waals surface area contributed by atoms with Crippen molar-refractivity contribution in [3.63, 3.8) is 0 Å². The van der Waals surface area contributed by atoms with Crippen molar-refractivity contribution in [1.29, 1.82) is 0 Å². The minimum Gasteiger partial charge on any atom is -0.479 e. The molecule has 0 amide bonds. The summed E-state index contributed by atoms with van der Waals surface area (Å²) in [6, 6.07) is 11.6. The van der Waals surface area contributed by atoms with Gasteiger partial charge in [0.25, 0.3) is 0 Å². The number of fused-ring (bicyclic) bond motifs is 3. The van der Waals surface area contributed by atoms with Crippen LogP contribution in [0, 0.1) is 6.92 Å². The predicted octanol–water partition coefficient (Wildman–Crippen LogP) is 4.04.